The van der Waals surface area contributed by atoms with Crippen LogP contribution in [0.1, 0.15) is 24.2 Å². The maximum atomic E-state index is 12.3. The van der Waals surface area contributed by atoms with Gasteiger partial charge < -0.3 is 16.0 Å². The van der Waals surface area contributed by atoms with Gasteiger partial charge in [-0.25, -0.2) is 8.42 Å². The van der Waals surface area contributed by atoms with Crippen LogP contribution in [0.5, 0.6) is 0 Å². The molecule has 2 amide bonds. The van der Waals surface area contributed by atoms with Crippen LogP contribution in [0, 0.1) is 0 Å². The molecule has 0 bridgehead atoms. The van der Waals surface area contributed by atoms with E-state index in [1.54, 1.807) is 0 Å². The molecule has 0 aromatic heterocycles. The third-order valence-corrected chi connectivity index (χ3v) is 3.31. The fourth-order valence-electron chi connectivity index (χ4n) is 1.84. The zero-order chi connectivity index (χ0) is 17.5. The summed E-state index contributed by atoms with van der Waals surface area (Å²) in [4.78, 5) is 23.4. The minimum absolute atomic E-state index is 0. The SMILES string of the molecule is CCNCCNC(=O)c1cc(NC(C)=O)ccc1NS(C)(=O)=O.Cl. The van der Waals surface area contributed by atoms with Crippen molar-refractivity contribution in [1.29, 1.82) is 0 Å². The standard InChI is InChI=1S/C14H22N4O4S.ClH/c1-4-15-7-8-16-14(20)12-9-11(17-10(2)19)5-6-13(12)18-23(3,21)22;/h5-6,9,15,18H,4,7-8H2,1-3H3,(H,16,20)(H,17,19);1H. The summed E-state index contributed by atoms with van der Waals surface area (Å²) in [6, 6.07) is 4.38. The molecule has 0 aliphatic heterocycles. The summed E-state index contributed by atoms with van der Waals surface area (Å²) in [6.45, 7) is 5.08. The third kappa shape index (κ3) is 8.14. The summed E-state index contributed by atoms with van der Waals surface area (Å²) in [5.41, 5.74) is 0.703. The van der Waals surface area contributed by atoms with Crippen LogP contribution >= 0.6 is 12.4 Å². The predicted octanol–water partition coefficient (Wildman–Crippen LogP) is 0.778. The molecule has 0 fully saturated rings. The molecule has 10 heteroatoms. The number of carbonyl (C=O) groups excluding carboxylic acids is 2. The molecule has 0 radical (unpaired) electrons. The van der Waals surface area contributed by atoms with E-state index in [0.29, 0.717) is 18.8 Å². The highest BCUT2D eigenvalue weighted by Gasteiger charge is 2.15. The number of hydrogen-bond donors (Lipinski definition) is 4. The van der Waals surface area contributed by atoms with Crippen molar-refractivity contribution < 1.29 is 18.0 Å². The molecule has 136 valence electrons. The number of carbonyl (C=O) groups is 2. The van der Waals surface area contributed by atoms with Crippen molar-refractivity contribution in [3.63, 3.8) is 0 Å². The van der Waals surface area contributed by atoms with Crippen molar-refractivity contribution in [3.8, 4) is 0 Å². The molecule has 0 aliphatic rings. The largest absolute Gasteiger partial charge is 0.351 e. The number of benzene rings is 1. The van der Waals surface area contributed by atoms with Crippen LogP contribution in [-0.2, 0) is 14.8 Å². The molecule has 1 aromatic rings. The Morgan fingerprint density at radius 3 is 2.38 bits per heavy atom. The van der Waals surface area contributed by atoms with Crippen LogP contribution in [0.2, 0.25) is 0 Å². The van der Waals surface area contributed by atoms with E-state index >= 15 is 0 Å². The second kappa shape index (κ2) is 10.1. The summed E-state index contributed by atoms with van der Waals surface area (Å²) in [5, 5.41) is 8.31. The molecule has 0 spiro atoms. The molecule has 24 heavy (non-hydrogen) atoms. The lowest BCUT2D eigenvalue weighted by atomic mass is 10.1. The van der Waals surface area contributed by atoms with Crippen molar-refractivity contribution >= 4 is 45.6 Å². The van der Waals surface area contributed by atoms with Crippen molar-refractivity contribution in [2.45, 2.75) is 13.8 Å². The molecule has 0 heterocycles. The van der Waals surface area contributed by atoms with E-state index in [-0.39, 0.29) is 29.6 Å². The van der Waals surface area contributed by atoms with Gasteiger partial charge in [-0.15, -0.1) is 12.4 Å². The van der Waals surface area contributed by atoms with Gasteiger partial charge in [-0.1, -0.05) is 6.92 Å². The Kier molecular flexibility index (Phi) is 9.34. The van der Waals surface area contributed by atoms with Gasteiger partial charge in [-0.3, -0.25) is 14.3 Å². The Morgan fingerprint density at radius 1 is 1.17 bits per heavy atom. The first-order chi connectivity index (χ1) is 10.7. The molecule has 8 nitrogen and oxygen atoms in total. The van der Waals surface area contributed by atoms with Gasteiger partial charge in [0.05, 0.1) is 17.5 Å². The monoisotopic (exact) mass is 378 g/mol. The van der Waals surface area contributed by atoms with Gasteiger partial charge in [0.1, 0.15) is 0 Å². The summed E-state index contributed by atoms with van der Waals surface area (Å²) in [6.07, 6.45) is 1.00. The highest BCUT2D eigenvalue weighted by atomic mass is 35.5. The van der Waals surface area contributed by atoms with E-state index in [0.717, 1.165) is 12.8 Å². The number of halogens is 1. The average molecular weight is 379 g/mol. The first-order valence-corrected chi connectivity index (χ1v) is 9.00. The minimum Gasteiger partial charge on any atom is -0.351 e. The van der Waals surface area contributed by atoms with Gasteiger partial charge in [0.15, 0.2) is 0 Å². The van der Waals surface area contributed by atoms with Crippen LogP contribution < -0.4 is 20.7 Å². The summed E-state index contributed by atoms with van der Waals surface area (Å²) in [5.74, 6) is -0.714. The van der Waals surface area contributed by atoms with Gasteiger partial charge in [-0.2, -0.15) is 0 Å². The molecular weight excluding hydrogens is 356 g/mol. The van der Waals surface area contributed by atoms with Crippen LogP contribution in [0.3, 0.4) is 0 Å². The molecule has 0 saturated heterocycles. The normalized spacial score (nSPS) is 10.5. The van der Waals surface area contributed by atoms with E-state index < -0.39 is 15.9 Å². The number of rotatable bonds is 8. The Balaban J connectivity index is 0.00000529. The smallest absolute Gasteiger partial charge is 0.253 e. The van der Waals surface area contributed by atoms with E-state index in [1.165, 1.54) is 25.1 Å². The van der Waals surface area contributed by atoms with E-state index in [9.17, 15) is 18.0 Å². The quantitative estimate of drug-likeness (QED) is 0.499. The number of anilines is 2. The summed E-state index contributed by atoms with van der Waals surface area (Å²) < 4.78 is 25.1. The molecule has 0 saturated carbocycles. The first kappa shape index (κ1) is 22.2. The third-order valence-electron chi connectivity index (χ3n) is 2.72. The fourth-order valence-corrected chi connectivity index (χ4v) is 2.42. The average Bonchev–Trinajstić information content (AvgIpc) is 2.43. The maximum Gasteiger partial charge on any atom is 0.253 e. The molecule has 0 aliphatic carbocycles. The molecule has 1 aromatic carbocycles. The van der Waals surface area contributed by atoms with Gasteiger partial charge >= 0.3 is 0 Å². The van der Waals surface area contributed by atoms with Crippen LogP contribution in [0.25, 0.3) is 0 Å². The number of likely N-dealkylation sites (N-methyl/N-ethyl adjacent to an activating group) is 1. The van der Waals surface area contributed by atoms with Crippen LogP contribution in [-0.4, -0.2) is 46.1 Å². The van der Waals surface area contributed by atoms with Crippen molar-refractivity contribution in [2.75, 3.05) is 35.9 Å². The highest BCUT2D eigenvalue weighted by Crippen LogP contribution is 2.21. The van der Waals surface area contributed by atoms with Gasteiger partial charge in [0.25, 0.3) is 5.91 Å². The second-order valence-electron chi connectivity index (χ2n) is 4.93. The van der Waals surface area contributed by atoms with Gasteiger partial charge in [-0.05, 0) is 24.7 Å². The summed E-state index contributed by atoms with van der Waals surface area (Å²) in [7, 11) is -3.53. The number of amides is 2. The molecule has 0 unspecified atom stereocenters. The Labute approximate surface area is 148 Å². The van der Waals surface area contributed by atoms with Gasteiger partial charge in [0, 0.05) is 25.7 Å². The topological polar surface area (TPSA) is 116 Å². The van der Waals surface area contributed by atoms with E-state index in [4.69, 9.17) is 0 Å². The van der Waals surface area contributed by atoms with Crippen LogP contribution in [0.4, 0.5) is 11.4 Å². The Bertz CT molecular complexity index is 679. The zero-order valence-corrected chi connectivity index (χ0v) is 15.4. The number of hydrogen-bond acceptors (Lipinski definition) is 5. The lowest BCUT2D eigenvalue weighted by molar-refractivity contribution is -0.114. The molecular formula is C14H23ClN4O4S. The number of sulfonamides is 1. The first-order valence-electron chi connectivity index (χ1n) is 7.11. The van der Waals surface area contributed by atoms with Crippen molar-refractivity contribution in [3.05, 3.63) is 23.8 Å². The fraction of sp³-hybridized carbons (Fsp3) is 0.429. The van der Waals surface area contributed by atoms with Crippen molar-refractivity contribution in [2.24, 2.45) is 0 Å². The predicted molar refractivity (Wildman–Crippen MR) is 97.3 cm³/mol. The maximum absolute atomic E-state index is 12.3. The second-order valence-corrected chi connectivity index (χ2v) is 6.67. The lowest BCUT2D eigenvalue weighted by Gasteiger charge is -2.13. The van der Waals surface area contributed by atoms with Gasteiger partial charge in [0.2, 0.25) is 15.9 Å². The molecule has 4 N–H and O–H groups in total. The molecule has 0 atom stereocenters. The van der Waals surface area contributed by atoms with E-state index in [1.807, 2.05) is 6.92 Å². The lowest BCUT2D eigenvalue weighted by Crippen LogP contribution is -2.32. The highest BCUT2D eigenvalue weighted by molar-refractivity contribution is 7.92. The summed E-state index contributed by atoms with van der Waals surface area (Å²) >= 11 is 0. The van der Waals surface area contributed by atoms with Crippen LogP contribution in [0.15, 0.2) is 18.2 Å². The number of nitrogens with one attached hydrogen (secondary N) is 4. The van der Waals surface area contributed by atoms with Crippen molar-refractivity contribution in [1.82, 2.24) is 10.6 Å². The minimum atomic E-state index is -3.53. The zero-order valence-electron chi connectivity index (χ0n) is 13.8. The molecule has 1 rings (SSSR count). The Morgan fingerprint density at radius 2 is 1.83 bits per heavy atom. The van der Waals surface area contributed by atoms with E-state index in [2.05, 4.69) is 20.7 Å². The Hall–Kier alpha value is -1.84.